The van der Waals surface area contributed by atoms with Crippen molar-refractivity contribution in [2.75, 3.05) is 19.8 Å². The van der Waals surface area contributed by atoms with Gasteiger partial charge in [0.05, 0.1) is 13.2 Å². The number of carbonyl (C=O) groups excluding carboxylic acids is 2. The number of aliphatic hydroxyl groups is 4. The lowest BCUT2D eigenvalue weighted by Gasteiger charge is -2.39. The second kappa shape index (κ2) is 33.0. The molecule has 0 radical (unpaired) electrons. The fourth-order valence-corrected chi connectivity index (χ4v) is 6.30. The highest BCUT2D eigenvalue weighted by Gasteiger charge is 2.44. The van der Waals surface area contributed by atoms with E-state index in [4.69, 9.17) is 18.9 Å². The number of allylic oxidation sites excluding steroid dienone is 2. The maximum absolute atomic E-state index is 12.7. The highest BCUT2D eigenvalue weighted by atomic mass is 16.7. The van der Waals surface area contributed by atoms with Crippen molar-refractivity contribution >= 4 is 11.9 Å². The summed E-state index contributed by atoms with van der Waals surface area (Å²) in [5, 5.41) is 39.9. The molecule has 0 saturated carbocycles. The van der Waals surface area contributed by atoms with Gasteiger partial charge >= 0.3 is 11.9 Å². The second-order valence-electron chi connectivity index (χ2n) is 14.4. The van der Waals surface area contributed by atoms with Gasteiger partial charge in [0.25, 0.3) is 0 Å². The van der Waals surface area contributed by atoms with Crippen LogP contribution in [0.5, 0.6) is 0 Å². The molecule has 300 valence electrons. The number of hydrogen-bond acceptors (Lipinski definition) is 10. The van der Waals surface area contributed by atoms with Crippen LogP contribution in [0.25, 0.3) is 0 Å². The van der Waals surface area contributed by atoms with Crippen LogP contribution < -0.4 is 0 Å². The lowest BCUT2D eigenvalue weighted by atomic mass is 9.99. The van der Waals surface area contributed by atoms with E-state index in [0.717, 1.165) is 51.4 Å². The minimum atomic E-state index is -1.59. The first-order valence-corrected chi connectivity index (χ1v) is 20.8. The van der Waals surface area contributed by atoms with Crippen LogP contribution in [0, 0.1) is 0 Å². The van der Waals surface area contributed by atoms with E-state index < -0.39 is 49.4 Å². The van der Waals surface area contributed by atoms with Crippen LogP contribution >= 0.6 is 0 Å². The Morgan fingerprint density at radius 2 is 1.04 bits per heavy atom. The molecule has 10 nitrogen and oxygen atoms in total. The molecule has 0 aliphatic carbocycles. The van der Waals surface area contributed by atoms with E-state index in [1.807, 2.05) is 0 Å². The largest absolute Gasteiger partial charge is 0.462 e. The molecule has 1 aliphatic rings. The van der Waals surface area contributed by atoms with Gasteiger partial charge in [0.2, 0.25) is 0 Å². The molecule has 1 fully saturated rings. The number of esters is 2. The summed E-state index contributed by atoms with van der Waals surface area (Å²) in [5.41, 5.74) is 0. The third kappa shape index (κ3) is 25.2. The van der Waals surface area contributed by atoms with Gasteiger partial charge in [-0.05, 0) is 38.5 Å². The van der Waals surface area contributed by atoms with Crippen molar-refractivity contribution in [1.82, 2.24) is 0 Å². The molecule has 1 saturated heterocycles. The Morgan fingerprint density at radius 1 is 0.588 bits per heavy atom. The van der Waals surface area contributed by atoms with Crippen molar-refractivity contribution in [3.05, 3.63) is 12.2 Å². The lowest BCUT2D eigenvalue weighted by molar-refractivity contribution is -0.305. The zero-order valence-electron chi connectivity index (χ0n) is 32.4. The van der Waals surface area contributed by atoms with Crippen LogP contribution in [-0.4, -0.2) is 89.0 Å². The van der Waals surface area contributed by atoms with Gasteiger partial charge in [-0.15, -0.1) is 0 Å². The predicted molar refractivity (Wildman–Crippen MR) is 201 cm³/mol. The second-order valence-corrected chi connectivity index (χ2v) is 14.4. The monoisotopic (exact) mass is 729 g/mol. The van der Waals surface area contributed by atoms with Crippen LogP contribution in [0.2, 0.25) is 0 Å². The summed E-state index contributed by atoms with van der Waals surface area (Å²) in [5.74, 6) is -0.812. The van der Waals surface area contributed by atoms with E-state index in [9.17, 15) is 30.0 Å². The van der Waals surface area contributed by atoms with Crippen molar-refractivity contribution in [2.45, 2.75) is 218 Å². The Balaban J connectivity index is 2.37. The first-order chi connectivity index (χ1) is 24.8. The average molecular weight is 729 g/mol. The SMILES string of the molecule is CCCCCCCC/C=C\CCCCCCCC(=O)OC(COC(=O)CCCCCCCCCCCCC)COC1OC(CO)C(O)C(O)C1O. The third-order valence-electron chi connectivity index (χ3n) is 9.65. The predicted octanol–water partition coefficient (Wildman–Crippen LogP) is 8.00. The topological polar surface area (TPSA) is 152 Å². The number of carbonyl (C=O) groups is 2. The quantitative estimate of drug-likeness (QED) is 0.0291. The number of unbranched alkanes of at least 4 members (excludes halogenated alkanes) is 21. The van der Waals surface area contributed by atoms with E-state index in [1.165, 1.54) is 96.3 Å². The van der Waals surface area contributed by atoms with Gasteiger partial charge in [0.15, 0.2) is 12.4 Å². The molecule has 1 aliphatic heterocycles. The Labute approximate surface area is 310 Å². The molecule has 4 N–H and O–H groups in total. The molecule has 0 amide bonds. The average Bonchev–Trinajstić information content (AvgIpc) is 3.13. The molecule has 51 heavy (non-hydrogen) atoms. The third-order valence-corrected chi connectivity index (χ3v) is 9.65. The summed E-state index contributed by atoms with van der Waals surface area (Å²) >= 11 is 0. The van der Waals surface area contributed by atoms with Gasteiger partial charge in [-0.2, -0.15) is 0 Å². The van der Waals surface area contributed by atoms with E-state index in [1.54, 1.807) is 0 Å². The fourth-order valence-electron chi connectivity index (χ4n) is 6.30. The Bertz CT molecular complexity index is 850. The lowest BCUT2D eigenvalue weighted by Crippen LogP contribution is -2.59. The Morgan fingerprint density at radius 3 is 1.53 bits per heavy atom. The van der Waals surface area contributed by atoms with Crippen molar-refractivity contribution in [3.63, 3.8) is 0 Å². The summed E-state index contributed by atoms with van der Waals surface area (Å²) in [6, 6.07) is 0. The number of ether oxygens (including phenoxy) is 4. The van der Waals surface area contributed by atoms with Crippen molar-refractivity contribution < 1.29 is 49.0 Å². The maximum atomic E-state index is 12.7. The van der Waals surface area contributed by atoms with Crippen LogP contribution in [0.4, 0.5) is 0 Å². The minimum absolute atomic E-state index is 0.216. The van der Waals surface area contributed by atoms with Crippen molar-refractivity contribution in [2.24, 2.45) is 0 Å². The summed E-state index contributed by atoms with van der Waals surface area (Å²) in [6.07, 6.45) is 25.0. The Hall–Kier alpha value is -1.56. The van der Waals surface area contributed by atoms with Gasteiger partial charge in [-0.3, -0.25) is 9.59 Å². The molecular weight excluding hydrogens is 652 g/mol. The standard InChI is InChI=1S/C41H76O10/c1-3-5-7-9-11-13-15-16-17-18-20-22-24-26-28-30-37(44)50-34(33-49-41-40(47)39(46)38(45)35(31-42)51-41)32-48-36(43)29-27-25-23-21-19-14-12-10-8-6-4-2/h16-17,34-35,38-42,45-47H,3-15,18-33H2,1-2H3/b17-16-. The molecule has 0 aromatic heterocycles. The highest BCUT2D eigenvalue weighted by Crippen LogP contribution is 2.22. The normalized spacial score (nSPS) is 21.3. The van der Waals surface area contributed by atoms with Crippen LogP contribution in [0.3, 0.4) is 0 Å². The van der Waals surface area contributed by atoms with Gasteiger partial charge in [0.1, 0.15) is 31.0 Å². The van der Waals surface area contributed by atoms with Gasteiger partial charge in [-0.1, -0.05) is 142 Å². The molecule has 1 heterocycles. The van der Waals surface area contributed by atoms with Crippen LogP contribution in [-0.2, 0) is 28.5 Å². The zero-order valence-corrected chi connectivity index (χ0v) is 32.4. The number of hydrogen-bond donors (Lipinski definition) is 4. The van der Waals surface area contributed by atoms with Crippen LogP contribution in [0.1, 0.15) is 181 Å². The van der Waals surface area contributed by atoms with Gasteiger partial charge < -0.3 is 39.4 Å². The molecule has 0 aromatic rings. The zero-order chi connectivity index (χ0) is 37.4. The van der Waals surface area contributed by atoms with Crippen LogP contribution in [0.15, 0.2) is 12.2 Å². The summed E-state index contributed by atoms with van der Waals surface area (Å²) in [6.45, 7) is 3.40. The molecule has 1 rings (SSSR count). The van der Waals surface area contributed by atoms with E-state index >= 15 is 0 Å². The van der Waals surface area contributed by atoms with Crippen molar-refractivity contribution in [3.8, 4) is 0 Å². The fraction of sp³-hybridized carbons (Fsp3) is 0.902. The first kappa shape index (κ1) is 47.5. The summed E-state index contributed by atoms with van der Waals surface area (Å²) in [7, 11) is 0. The smallest absolute Gasteiger partial charge is 0.306 e. The first-order valence-electron chi connectivity index (χ1n) is 20.8. The Kier molecular flexibility index (Phi) is 30.7. The van der Waals surface area contributed by atoms with Gasteiger partial charge in [-0.25, -0.2) is 0 Å². The van der Waals surface area contributed by atoms with E-state index in [0.29, 0.717) is 6.42 Å². The summed E-state index contributed by atoms with van der Waals surface area (Å²) in [4.78, 5) is 25.2. The molecule has 0 spiro atoms. The summed E-state index contributed by atoms with van der Waals surface area (Å²) < 4.78 is 22.1. The van der Waals surface area contributed by atoms with E-state index in [2.05, 4.69) is 26.0 Å². The molecule has 10 heteroatoms. The molecule has 6 unspecified atom stereocenters. The van der Waals surface area contributed by atoms with E-state index in [-0.39, 0.29) is 32.0 Å². The molecular formula is C41H76O10. The molecule has 0 aromatic carbocycles. The number of rotatable bonds is 34. The molecule has 0 bridgehead atoms. The van der Waals surface area contributed by atoms with Gasteiger partial charge in [0, 0.05) is 12.8 Å². The maximum Gasteiger partial charge on any atom is 0.306 e. The molecule has 6 atom stereocenters. The van der Waals surface area contributed by atoms with Crippen molar-refractivity contribution in [1.29, 1.82) is 0 Å². The number of aliphatic hydroxyl groups excluding tert-OH is 4. The minimum Gasteiger partial charge on any atom is -0.462 e. The highest BCUT2D eigenvalue weighted by molar-refractivity contribution is 5.70.